The fourth-order valence-electron chi connectivity index (χ4n) is 6.45. The summed E-state index contributed by atoms with van der Waals surface area (Å²) in [5.41, 5.74) is 3.05. The predicted molar refractivity (Wildman–Crippen MR) is 127 cm³/mol. The van der Waals surface area contributed by atoms with Gasteiger partial charge in [0, 0.05) is 16.6 Å². The fourth-order valence-corrected chi connectivity index (χ4v) is 7.75. The molecule has 0 aromatic heterocycles. The van der Waals surface area contributed by atoms with Crippen molar-refractivity contribution in [3.8, 4) is 0 Å². The third-order valence-electron chi connectivity index (χ3n) is 8.15. The van der Waals surface area contributed by atoms with E-state index in [2.05, 4.69) is 32.6 Å². The number of rotatable bonds is 6. The van der Waals surface area contributed by atoms with Crippen molar-refractivity contribution >= 4 is 10.8 Å². The van der Waals surface area contributed by atoms with Crippen LogP contribution in [0.15, 0.2) is 35.5 Å². The van der Waals surface area contributed by atoms with Gasteiger partial charge in [-0.3, -0.25) is 4.21 Å². The van der Waals surface area contributed by atoms with Gasteiger partial charge in [0.15, 0.2) is 0 Å². The van der Waals surface area contributed by atoms with Gasteiger partial charge < -0.3 is 10.2 Å². The maximum Gasteiger partial charge on any atom is 0.0902 e. The summed E-state index contributed by atoms with van der Waals surface area (Å²) in [6, 6.07) is 0. The molecule has 6 atom stereocenters. The standard InChI is InChI=1S/C26H42O3S/c1-18(8-6-14-25(3,4)28)22-12-13-23-20(9-7-15-26(22,23)5)10-11-21-16-30(29)17-24(27)19(21)2/h10-11,18,22-24,27-28H,2,6-9,12-17H2,1,3-5H3/b20-10+,21-11+/t18-,22-,23+,24+,26-,30-/m1/s1. The van der Waals surface area contributed by atoms with Crippen molar-refractivity contribution in [1.29, 1.82) is 0 Å². The summed E-state index contributed by atoms with van der Waals surface area (Å²) < 4.78 is 12.0. The largest absolute Gasteiger partial charge is 0.390 e. The minimum absolute atomic E-state index is 0.320. The van der Waals surface area contributed by atoms with Gasteiger partial charge in [0.25, 0.3) is 0 Å². The summed E-state index contributed by atoms with van der Waals surface area (Å²) in [4.78, 5) is 0. The lowest BCUT2D eigenvalue weighted by molar-refractivity contribution is 0.0596. The molecule has 0 amide bonds. The van der Waals surface area contributed by atoms with E-state index in [1.165, 1.54) is 32.1 Å². The number of aliphatic hydroxyl groups is 2. The minimum atomic E-state index is -0.989. The van der Waals surface area contributed by atoms with Crippen LogP contribution >= 0.6 is 0 Å². The van der Waals surface area contributed by atoms with Crippen molar-refractivity contribution in [3.05, 3.63) is 35.5 Å². The molecule has 2 saturated carbocycles. The van der Waals surface area contributed by atoms with Crippen molar-refractivity contribution < 1.29 is 14.4 Å². The summed E-state index contributed by atoms with van der Waals surface area (Å²) >= 11 is 0. The summed E-state index contributed by atoms with van der Waals surface area (Å²) in [7, 11) is -0.989. The second kappa shape index (κ2) is 9.42. The summed E-state index contributed by atoms with van der Waals surface area (Å²) in [6.07, 6.45) is 13.1. The van der Waals surface area contributed by atoms with Crippen LogP contribution in [0.3, 0.4) is 0 Å². The van der Waals surface area contributed by atoms with E-state index in [0.717, 1.165) is 36.3 Å². The monoisotopic (exact) mass is 434 g/mol. The van der Waals surface area contributed by atoms with E-state index >= 15 is 0 Å². The molecule has 0 radical (unpaired) electrons. The molecule has 4 heteroatoms. The van der Waals surface area contributed by atoms with E-state index in [1.54, 1.807) is 5.57 Å². The Morgan fingerprint density at radius 3 is 2.77 bits per heavy atom. The number of aliphatic hydroxyl groups excluding tert-OH is 1. The normalized spacial score (nSPS) is 38.8. The molecule has 0 spiro atoms. The van der Waals surface area contributed by atoms with Gasteiger partial charge in [0.1, 0.15) is 0 Å². The molecular weight excluding hydrogens is 392 g/mol. The predicted octanol–water partition coefficient (Wildman–Crippen LogP) is 5.31. The maximum absolute atomic E-state index is 12.0. The van der Waals surface area contributed by atoms with Gasteiger partial charge >= 0.3 is 0 Å². The van der Waals surface area contributed by atoms with E-state index < -0.39 is 22.5 Å². The first kappa shape index (κ1) is 23.9. The molecule has 0 aromatic carbocycles. The lowest BCUT2D eigenvalue weighted by Crippen LogP contribution is -2.36. The SMILES string of the molecule is C=C1/C(=C/C=C2\CCC[C@]3(C)[C@@H]([C@H](C)CCCC(C)(C)O)CC[C@@H]23)C[S@@](=O)C[C@@H]1O. The average Bonchev–Trinajstić information content (AvgIpc) is 3.00. The zero-order valence-electron chi connectivity index (χ0n) is 19.5. The van der Waals surface area contributed by atoms with Crippen LogP contribution in [0.5, 0.6) is 0 Å². The molecule has 0 unspecified atom stereocenters. The molecule has 3 fully saturated rings. The van der Waals surface area contributed by atoms with Gasteiger partial charge in [-0.25, -0.2) is 0 Å². The van der Waals surface area contributed by atoms with E-state index in [0.29, 0.717) is 28.8 Å². The molecule has 0 bridgehead atoms. The number of allylic oxidation sites excluding steroid dienone is 3. The lowest BCUT2D eigenvalue weighted by atomic mass is 9.60. The third-order valence-corrected chi connectivity index (χ3v) is 9.47. The van der Waals surface area contributed by atoms with Crippen LogP contribution in [0, 0.1) is 23.2 Å². The maximum atomic E-state index is 12.0. The molecule has 2 aliphatic carbocycles. The fraction of sp³-hybridized carbons (Fsp3) is 0.769. The molecule has 30 heavy (non-hydrogen) atoms. The molecule has 3 aliphatic rings. The van der Waals surface area contributed by atoms with Crippen molar-refractivity contribution in [3.63, 3.8) is 0 Å². The Hall–Kier alpha value is -0.710. The van der Waals surface area contributed by atoms with Crippen molar-refractivity contribution in [2.24, 2.45) is 23.2 Å². The van der Waals surface area contributed by atoms with E-state index in [-0.39, 0.29) is 0 Å². The smallest absolute Gasteiger partial charge is 0.0902 e. The van der Waals surface area contributed by atoms with Crippen LogP contribution in [0.25, 0.3) is 0 Å². The number of fused-ring (bicyclic) bond motifs is 1. The van der Waals surface area contributed by atoms with Gasteiger partial charge in [-0.05, 0) is 86.7 Å². The summed E-state index contributed by atoms with van der Waals surface area (Å²) in [5, 5.41) is 20.1. The molecule has 1 saturated heterocycles. The number of hydrogen-bond donors (Lipinski definition) is 2. The van der Waals surface area contributed by atoms with Crippen LogP contribution < -0.4 is 0 Å². The highest BCUT2D eigenvalue weighted by Gasteiger charge is 2.50. The van der Waals surface area contributed by atoms with Crippen LogP contribution in [-0.4, -0.2) is 37.6 Å². The molecule has 2 N–H and O–H groups in total. The van der Waals surface area contributed by atoms with Crippen LogP contribution in [0.4, 0.5) is 0 Å². The summed E-state index contributed by atoms with van der Waals surface area (Å²) in [5.74, 6) is 2.91. The van der Waals surface area contributed by atoms with Crippen molar-refractivity contribution in [1.82, 2.24) is 0 Å². The van der Waals surface area contributed by atoms with E-state index in [1.807, 2.05) is 13.8 Å². The Morgan fingerprint density at radius 1 is 1.33 bits per heavy atom. The summed E-state index contributed by atoms with van der Waals surface area (Å²) in [6.45, 7) is 12.8. The highest BCUT2D eigenvalue weighted by molar-refractivity contribution is 7.85. The van der Waals surface area contributed by atoms with Gasteiger partial charge in [0.05, 0.1) is 17.5 Å². The molecule has 0 aromatic rings. The molecular formula is C26H42O3S. The topological polar surface area (TPSA) is 57.5 Å². The van der Waals surface area contributed by atoms with Gasteiger partial charge in [-0.2, -0.15) is 0 Å². The Labute approximate surface area is 186 Å². The molecule has 170 valence electrons. The second-order valence-corrected chi connectivity index (χ2v) is 12.5. The van der Waals surface area contributed by atoms with Crippen LogP contribution in [0.1, 0.15) is 79.1 Å². The first-order valence-electron chi connectivity index (χ1n) is 11.9. The van der Waals surface area contributed by atoms with E-state index in [9.17, 15) is 14.4 Å². The molecule has 1 aliphatic heterocycles. The van der Waals surface area contributed by atoms with Crippen molar-refractivity contribution in [2.75, 3.05) is 11.5 Å². The second-order valence-electron chi connectivity index (χ2n) is 11.0. The number of hydrogen-bond acceptors (Lipinski definition) is 3. The first-order valence-corrected chi connectivity index (χ1v) is 13.3. The third kappa shape index (κ3) is 5.37. The van der Waals surface area contributed by atoms with E-state index in [4.69, 9.17) is 0 Å². The molecule has 3 nitrogen and oxygen atoms in total. The zero-order valence-corrected chi connectivity index (χ0v) is 20.3. The Kier molecular flexibility index (Phi) is 7.52. The lowest BCUT2D eigenvalue weighted by Gasteiger charge is -2.44. The zero-order chi connectivity index (χ0) is 22.1. The van der Waals surface area contributed by atoms with Gasteiger partial charge in [0.2, 0.25) is 0 Å². The van der Waals surface area contributed by atoms with Gasteiger partial charge in [-0.1, -0.05) is 51.0 Å². The molecule has 1 heterocycles. The first-order chi connectivity index (χ1) is 14.0. The van der Waals surface area contributed by atoms with Gasteiger partial charge in [-0.15, -0.1) is 0 Å². The van der Waals surface area contributed by atoms with Crippen molar-refractivity contribution in [2.45, 2.75) is 90.8 Å². The Bertz CT molecular complexity index is 729. The Morgan fingerprint density at radius 2 is 2.07 bits per heavy atom. The highest BCUT2D eigenvalue weighted by Crippen LogP contribution is 2.59. The quantitative estimate of drug-likeness (QED) is 0.595. The van der Waals surface area contributed by atoms with Crippen LogP contribution in [-0.2, 0) is 10.8 Å². The minimum Gasteiger partial charge on any atom is -0.390 e. The van der Waals surface area contributed by atoms with Crippen LogP contribution in [0.2, 0.25) is 0 Å². The Balaban J connectivity index is 1.71. The molecule has 3 rings (SSSR count). The average molecular weight is 435 g/mol. The highest BCUT2D eigenvalue weighted by atomic mass is 32.2.